The minimum absolute atomic E-state index is 0.000211. The third-order valence-corrected chi connectivity index (χ3v) is 5.06. The molecule has 1 amide bonds. The monoisotopic (exact) mass is 445 g/mol. The molecule has 4 aromatic rings. The number of halogens is 2. The van der Waals surface area contributed by atoms with E-state index >= 15 is 0 Å². The lowest BCUT2D eigenvalue weighted by Crippen LogP contribution is -2.17. The summed E-state index contributed by atoms with van der Waals surface area (Å²) < 4.78 is 17.3. The number of aliphatic hydroxyl groups is 2. The highest BCUT2D eigenvalue weighted by atomic mass is 35.5. The lowest BCUT2D eigenvalue weighted by atomic mass is 10.1. The van der Waals surface area contributed by atoms with Gasteiger partial charge >= 0.3 is 0 Å². The largest absolute Gasteiger partial charge is 0.394 e. The van der Waals surface area contributed by atoms with Crippen LogP contribution in [0.3, 0.4) is 0 Å². The number of rotatable bonds is 5. The smallest absolute Gasteiger partial charge is 0.204 e. The third kappa shape index (κ3) is 4.43. The van der Waals surface area contributed by atoms with E-state index in [1.165, 1.54) is 12.1 Å². The van der Waals surface area contributed by atoms with Gasteiger partial charge in [0.25, 0.3) is 0 Å². The van der Waals surface area contributed by atoms with Crippen LogP contribution in [0, 0.1) is 12.7 Å². The molecule has 4 rings (SSSR count). The van der Waals surface area contributed by atoms with Gasteiger partial charge in [-0.2, -0.15) is 0 Å². The molecule has 0 atom stereocenters. The third-order valence-electron chi connectivity index (χ3n) is 4.77. The van der Waals surface area contributed by atoms with Crippen molar-refractivity contribution in [3.8, 4) is 22.5 Å². The molecular weight excluding hydrogens is 425 g/mol. The molecule has 0 saturated carbocycles. The number of fused-ring (bicyclic) bond motifs is 1. The highest BCUT2D eigenvalue weighted by Gasteiger charge is 2.21. The Morgan fingerprint density at radius 3 is 2.52 bits per heavy atom. The number of benzene rings is 1. The summed E-state index contributed by atoms with van der Waals surface area (Å²) >= 11 is 5.97. The first-order valence-electron chi connectivity index (χ1n) is 9.28. The van der Waals surface area contributed by atoms with E-state index in [9.17, 15) is 14.6 Å². The van der Waals surface area contributed by atoms with Gasteiger partial charge in [-0.05, 0) is 37.3 Å². The van der Waals surface area contributed by atoms with Crippen LogP contribution in [0.15, 0.2) is 49.1 Å². The first-order valence-corrected chi connectivity index (χ1v) is 9.66. The summed E-state index contributed by atoms with van der Waals surface area (Å²) in [5, 5.41) is 19.4. The Hall–Kier alpha value is -3.27. The predicted octanol–water partition coefficient (Wildman–Crippen LogP) is 2.59. The molecule has 0 radical (unpaired) electrons. The fourth-order valence-corrected chi connectivity index (χ4v) is 3.44. The van der Waals surface area contributed by atoms with Gasteiger partial charge in [0.05, 0.1) is 42.0 Å². The number of primary amides is 1. The van der Waals surface area contributed by atoms with E-state index in [1.807, 2.05) is 29.7 Å². The molecule has 0 aliphatic heterocycles. The van der Waals surface area contributed by atoms with Gasteiger partial charge < -0.3 is 24.9 Å². The van der Waals surface area contributed by atoms with Crippen molar-refractivity contribution < 1.29 is 19.4 Å². The zero-order chi connectivity index (χ0) is 22.5. The Bertz CT molecular complexity index is 1200. The average molecular weight is 446 g/mol. The summed E-state index contributed by atoms with van der Waals surface area (Å²) in [6, 6.07) is 7.63. The van der Waals surface area contributed by atoms with Crippen molar-refractivity contribution in [3.63, 3.8) is 0 Å². The number of hydrogen-bond donors (Lipinski definition) is 3. The van der Waals surface area contributed by atoms with Crippen molar-refractivity contribution in [1.29, 1.82) is 0 Å². The van der Waals surface area contributed by atoms with Gasteiger partial charge in [0.1, 0.15) is 11.5 Å². The molecule has 0 spiro atoms. The number of nitrogens with two attached hydrogens (primary N) is 1. The van der Waals surface area contributed by atoms with Crippen LogP contribution in [0.5, 0.6) is 0 Å². The fourth-order valence-electron chi connectivity index (χ4n) is 3.25. The highest BCUT2D eigenvalue weighted by Crippen LogP contribution is 2.35. The molecule has 3 heterocycles. The van der Waals surface area contributed by atoms with Crippen molar-refractivity contribution in [2.75, 3.05) is 13.2 Å². The summed E-state index contributed by atoms with van der Waals surface area (Å²) in [7, 11) is 0. The van der Waals surface area contributed by atoms with Crippen LogP contribution < -0.4 is 5.73 Å². The Balaban J connectivity index is 0.000000858. The summed E-state index contributed by atoms with van der Waals surface area (Å²) in [5.41, 5.74) is 8.65. The lowest BCUT2D eigenvalue weighted by molar-refractivity contribution is -0.106. The molecule has 0 bridgehead atoms. The van der Waals surface area contributed by atoms with E-state index < -0.39 is 11.9 Å². The predicted molar refractivity (Wildman–Crippen MR) is 115 cm³/mol. The number of aromatic nitrogens is 4. The van der Waals surface area contributed by atoms with Crippen LogP contribution in [-0.2, 0) is 4.79 Å². The normalized spacial score (nSPS) is 10.9. The van der Waals surface area contributed by atoms with Crippen molar-refractivity contribution in [1.82, 2.24) is 18.9 Å². The minimum Gasteiger partial charge on any atom is -0.394 e. The first kappa shape index (κ1) is 22.4. The van der Waals surface area contributed by atoms with Crippen LogP contribution in [-0.4, -0.2) is 48.8 Å². The van der Waals surface area contributed by atoms with Gasteiger partial charge in [0, 0.05) is 29.2 Å². The fraction of sp³-hybridized carbons (Fsp3) is 0.190. The standard InChI is InChI=1S/C20H18ClFN4O2.CH3NO/c1-12-7-23-18-5-3-14(8-25(12)18)20-19(13-2-4-17(22)16(21)6-13)24-11-26(20)15(9-27)10-28;2-1-3/h2-8,11,15,27-28H,9-10H2,1H3;1H,(H2,2,3). The second kappa shape index (κ2) is 9.69. The molecule has 31 heavy (non-hydrogen) atoms. The van der Waals surface area contributed by atoms with Crippen LogP contribution in [0.2, 0.25) is 5.02 Å². The second-order valence-electron chi connectivity index (χ2n) is 6.68. The quantitative estimate of drug-likeness (QED) is 0.408. The molecule has 162 valence electrons. The number of hydrogen-bond acceptors (Lipinski definition) is 5. The Morgan fingerprint density at radius 1 is 1.19 bits per heavy atom. The van der Waals surface area contributed by atoms with Crippen LogP contribution >= 0.6 is 11.6 Å². The van der Waals surface area contributed by atoms with E-state index in [4.69, 9.17) is 16.4 Å². The molecule has 10 heteroatoms. The summed E-state index contributed by atoms with van der Waals surface area (Å²) in [6.45, 7) is 1.44. The topological polar surface area (TPSA) is 119 Å². The molecule has 1 aromatic carbocycles. The number of carbonyl (C=O) groups excluding carboxylic acids is 1. The van der Waals surface area contributed by atoms with Gasteiger partial charge in [-0.15, -0.1) is 0 Å². The highest BCUT2D eigenvalue weighted by molar-refractivity contribution is 6.31. The number of aryl methyl sites for hydroxylation is 1. The van der Waals surface area contributed by atoms with Crippen molar-refractivity contribution >= 4 is 23.7 Å². The Kier molecular flexibility index (Phi) is 7.01. The molecular formula is C21H21ClFN5O3. The molecule has 0 aliphatic rings. The van der Waals surface area contributed by atoms with Gasteiger partial charge in [0.2, 0.25) is 6.41 Å². The maximum Gasteiger partial charge on any atom is 0.204 e. The first-order chi connectivity index (χ1) is 14.9. The molecule has 0 saturated heterocycles. The molecule has 8 nitrogen and oxygen atoms in total. The molecule has 0 fully saturated rings. The van der Waals surface area contributed by atoms with Gasteiger partial charge in [-0.1, -0.05) is 11.6 Å². The number of carbonyl (C=O) groups is 1. The number of imidazole rings is 2. The van der Waals surface area contributed by atoms with Crippen LogP contribution in [0.4, 0.5) is 4.39 Å². The summed E-state index contributed by atoms with van der Waals surface area (Å²) in [6.07, 6.45) is 5.51. The van der Waals surface area contributed by atoms with Crippen LogP contribution in [0.25, 0.3) is 28.2 Å². The lowest BCUT2D eigenvalue weighted by Gasteiger charge is -2.18. The molecule has 0 aliphatic carbocycles. The average Bonchev–Trinajstić information content (AvgIpc) is 3.36. The maximum absolute atomic E-state index is 13.6. The van der Waals surface area contributed by atoms with E-state index in [1.54, 1.807) is 23.2 Å². The summed E-state index contributed by atoms with van der Waals surface area (Å²) in [4.78, 5) is 17.4. The summed E-state index contributed by atoms with van der Waals surface area (Å²) in [5.74, 6) is -0.509. The maximum atomic E-state index is 13.6. The van der Waals surface area contributed by atoms with Crippen molar-refractivity contribution in [3.05, 3.63) is 65.6 Å². The number of nitrogens with zero attached hydrogens (tertiary/aromatic N) is 4. The van der Waals surface area contributed by atoms with Crippen molar-refractivity contribution in [2.24, 2.45) is 5.73 Å². The molecule has 3 aromatic heterocycles. The number of amides is 1. The number of aliphatic hydroxyl groups excluding tert-OH is 2. The molecule has 4 N–H and O–H groups in total. The zero-order valence-corrected chi connectivity index (χ0v) is 17.4. The van der Waals surface area contributed by atoms with E-state index in [0.717, 1.165) is 16.9 Å². The van der Waals surface area contributed by atoms with Crippen LogP contribution in [0.1, 0.15) is 11.7 Å². The second-order valence-corrected chi connectivity index (χ2v) is 7.09. The van der Waals surface area contributed by atoms with Gasteiger partial charge in [-0.25, -0.2) is 14.4 Å². The zero-order valence-electron chi connectivity index (χ0n) is 16.6. The number of pyridine rings is 1. The molecule has 0 unspecified atom stereocenters. The SMILES string of the molecule is Cc1cnc2ccc(-c3c(-c4ccc(F)c(Cl)c4)ncn3C(CO)CO)cn12.NC=O. The van der Waals surface area contributed by atoms with E-state index in [0.29, 0.717) is 17.0 Å². The van der Waals surface area contributed by atoms with Gasteiger partial charge in [-0.3, -0.25) is 4.79 Å². The van der Waals surface area contributed by atoms with Gasteiger partial charge in [0.15, 0.2) is 0 Å². The van der Waals surface area contributed by atoms with E-state index in [2.05, 4.69) is 15.7 Å². The minimum atomic E-state index is -0.563. The Labute approximate surface area is 182 Å². The Morgan fingerprint density at radius 2 is 1.87 bits per heavy atom. The van der Waals surface area contributed by atoms with Crippen molar-refractivity contribution in [2.45, 2.75) is 13.0 Å². The van der Waals surface area contributed by atoms with E-state index in [-0.39, 0.29) is 24.6 Å².